The molecule has 0 saturated carbocycles. The van der Waals surface area contributed by atoms with Crippen molar-refractivity contribution in [2.24, 2.45) is 7.05 Å². The fourth-order valence-electron chi connectivity index (χ4n) is 1.72. The van der Waals surface area contributed by atoms with Crippen molar-refractivity contribution in [3.05, 3.63) is 44.1 Å². The van der Waals surface area contributed by atoms with Gasteiger partial charge in [0.15, 0.2) is 5.69 Å². The van der Waals surface area contributed by atoms with Gasteiger partial charge in [0.05, 0.1) is 20.2 Å². The van der Waals surface area contributed by atoms with Gasteiger partial charge in [0.2, 0.25) is 0 Å². The first kappa shape index (κ1) is 17.1. The van der Waals surface area contributed by atoms with Crippen molar-refractivity contribution >= 4 is 50.7 Å². The Bertz CT molecular complexity index is 726. The summed E-state index contributed by atoms with van der Waals surface area (Å²) in [6.45, 7) is 0. The third kappa shape index (κ3) is 3.23. The predicted molar refractivity (Wildman–Crippen MR) is 80.3 cm³/mol. The molecule has 118 valence electrons. The maximum Gasteiger partial charge on any atom is 0.436 e. The minimum atomic E-state index is -4.68. The van der Waals surface area contributed by atoms with Crippen LogP contribution in [-0.4, -0.2) is 15.7 Å². The molecule has 0 aliphatic carbocycles. The summed E-state index contributed by atoms with van der Waals surface area (Å²) >= 11 is 14.6. The highest BCUT2D eigenvalue weighted by atomic mass is 79.9. The van der Waals surface area contributed by atoms with Crippen molar-refractivity contribution in [1.29, 1.82) is 0 Å². The Morgan fingerprint density at radius 1 is 1.32 bits per heavy atom. The summed E-state index contributed by atoms with van der Waals surface area (Å²) in [6, 6.07) is 4.55. The predicted octanol–water partition coefficient (Wildman–Crippen LogP) is 4.76. The van der Waals surface area contributed by atoms with Crippen LogP contribution in [0.1, 0.15) is 16.2 Å². The number of hydrogen-bond donors (Lipinski definition) is 1. The highest BCUT2D eigenvalue weighted by Gasteiger charge is 2.39. The number of carbonyl (C=O) groups excluding carboxylic acids is 1. The highest BCUT2D eigenvalue weighted by molar-refractivity contribution is 9.10. The van der Waals surface area contributed by atoms with Gasteiger partial charge in [0, 0.05) is 7.05 Å². The number of rotatable bonds is 2. The fraction of sp³-hybridized carbons (Fsp3) is 0.167. The minimum absolute atomic E-state index is 0.109. The number of aryl methyl sites for hydroxylation is 1. The summed E-state index contributed by atoms with van der Waals surface area (Å²) in [7, 11) is 1.23. The Hall–Kier alpha value is -1.25. The topological polar surface area (TPSA) is 46.9 Å². The van der Waals surface area contributed by atoms with E-state index in [1.54, 1.807) is 6.07 Å². The molecular weight excluding hydrogens is 410 g/mol. The van der Waals surface area contributed by atoms with Crippen molar-refractivity contribution in [2.45, 2.75) is 6.18 Å². The first-order valence-corrected chi connectivity index (χ1v) is 7.23. The van der Waals surface area contributed by atoms with Gasteiger partial charge >= 0.3 is 6.18 Å². The molecule has 0 saturated heterocycles. The van der Waals surface area contributed by atoms with Crippen LogP contribution in [0.4, 0.5) is 18.9 Å². The van der Waals surface area contributed by atoms with E-state index in [4.69, 9.17) is 23.2 Å². The summed E-state index contributed by atoms with van der Waals surface area (Å²) in [5.41, 5.74) is -1.38. The summed E-state index contributed by atoms with van der Waals surface area (Å²) in [4.78, 5) is 12.2. The summed E-state index contributed by atoms with van der Waals surface area (Å²) in [5.74, 6) is -0.827. The Labute approximate surface area is 141 Å². The molecule has 1 aromatic carbocycles. The number of aromatic nitrogens is 2. The second-order valence-corrected chi connectivity index (χ2v) is 5.79. The number of amides is 1. The van der Waals surface area contributed by atoms with Crippen molar-refractivity contribution in [2.75, 3.05) is 5.32 Å². The molecule has 0 aliphatic heterocycles. The number of benzene rings is 1. The number of alkyl halides is 3. The number of hydrogen-bond acceptors (Lipinski definition) is 2. The van der Waals surface area contributed by atoms with E-state index in [0.717, 1.165) is 4.68 Å². The van der Waals surface area contributed by atoms with Gasteiger partial charge in [-0.3, -0.25) is 9.48 Å². The molecule has 22 heavy (non-hydrogen) atoms. The number of nitrogens with one attached hydrogen (secondary N) is 1. The normalized spacial score (nSPS) is 11.6. The van der Waals surface area contributed by atoms with E-state index in [0.29, 0.717) is 0 Å². The van der Waals surface area contributed by atoms with Crippen LogP contribution in [0, 0.1) is 0 Å². The molecule has 1 amide bonds. The molecule has 0 unspecified atom stereocenters. The summed E-state index contributed by atoms with van der Waals surface area (Å²) < 4.78 is 38.7. The minimum Gasteiger partial charge on any atom is -0.318 e. The summed E-state index contributed by atoms with van der Waals surface area (Å²) in [5, 5.41) is 6.01. The SMILES string of the molecule is Cn1nc(C(F)(F)F)c(Br)c1C(=O)Nc1c(Cl)cccc1Cl. The number of para-hydroxylation sites is 1. The molecule has 0 spiro atoms. The Kier molecular flexibility index (Phi) is 4.74. The summed E-state index contributed by atoms with van der Waals surface area (Å²) in [6.07, 6.45) is -4.68. The highest BCUT2D eigenvalue weighted by Crippen LogP contribution is 2.36. The molecule has 2 rings (SSSR count). The molecular formula is C12H7BrCl2F3N3O. The third-order valence-corrected chi connectivity index (χ3v) is 4.06. The van der Waals surface area contributed by atoms with Gasteiger partial charge < -0.3 is 5.32 Å². The molecule has 4 nitrogen and oxygen atoms in total. The van der Waals surface area contributed by atoms with Gasteiger partial charge in [-0.25, -0.2) is 0 Å². The lowest BCUT2D eigenvalue weighted by Gasteiger charge is -2.09. The van der Waals surface area contributed by atoms with E-state index < -0.39 is 22.3 Å². The van der Waals surface area contributed by atoms with Gasteiger partial charge in [-0.15, -0.1) is 0 Å². The number of halogens is 6. The molecule has 0 fully saturated rings. The number of nitrogens with zero attached hydrogens (tertiary/aromatic N) is 2. The average molecular weight is 417 g/mol. The molecule has 0 aliphatic rings. The maximum atomic E-state index is 12.8. The first-order valence-electron chi connectivity index (χ1n) is 5.68. The van der Waals surface area contributed by atoms with Crippen molar-refractivity contribution in [1.82, 2.24) is 9.78 Å². The number of carbonyl (C=O) groups is 1. The third-order valence-electron chi connectivity index (χ3n) is 2.67. The smallest absolute Gasteiger partial charge is 0.318 e. The van der Waals surface area contributed by atoms with Gasteiger partial charge in [-0.2, -0.15) is 18.3 Å². The van der Waals surface area contributed by atoms with Gasteiger partial charge in [0.1, 0.15) is 5.69 Å². The largest absolute Gasteiger partial charge is 0.436 e. The zero-order chi connectivity index (χ0) is 16.7. The van der Waals surface area contributed by atoms with Gasteiger partial charge in [0.25, 0.3) is 5.91 Å². The Morgan fingerprint density at radius 2 is 1.86 bits per heavy atom. The Morgan fingerprint density at radius 3 is 2.32 bits per heavy atom. The van der Waals surface area contributed by atoms with Crippen LogP contribution in [0.25, 0.3) is 0 Å². The van der Waals surface area contributed by atoms with Crippen LogP contribution in [0.15, 0.2) is 22.7 Å². The lowest BCUT2D eigenvalue weighted by molar-refractivity contribution is -0.142. The lowest BCUT2D eigenvalue weighted by Crippen LogP contribution is -2.17. The Balaban J connectivity index is 2.41. The van der Waals surface area contributed by atoms with Crippen LogP contribution in [-0.2, 0) is 13.2 Å². The monoisotopic (exact) mass is 415 g/mol. The zero-order valence-corrected chi connectivity index (χ0v) is 13.9. The molecule has 1 N–H and O–H groups in total. The molecule has 0 bridgehead atoms. The van der Waals surface area contributed by atoms with E-state index in [2.05, 4.69) is 26.3 Å². The fourth-order valence-corrected chi connectivity index (χ4v) is 2.95. The average Bonchev–Trinajstić information content (AvgIpc) is 2.69. The van der Waals surface area contributed by atoms with Crippen molar-refractivity contribution < 1.29 is 18.0 Å². The molecule has 0 atom stereocenters. The van der Waals surface area contributed by atoms with E-state index in [9.17, 15) is 18.0 Å². The van der Waals surface area contributed by atoms with Gasteiger partial charge in [-0.1, -0.05) is 29.3 Å². The molecule has 10 heteroatoms. The standard InChI is InChI=1S/C12H7BrCl2F3N3O/c1-21-9(7(13)10(20-21)12(16,17)18)11(22)19-8-5(14)3-2-4-6(8)15/h2-4H,1H3,(H,19,22). The second kappa shape index (κ2) is 6.10. The van der Waals surface area contributed by atoms with Crippen LogP contribution in [0.2, 0.25) is 10.0 Å². The molecule has 0 radical (unpaired) electrons. The molecule has 2 aromatic rings. The lowest BCUT2D eigenvalue weighted by atomic mass is 10.3. The van der Waals surface area contributed by atoms with Crippen LogP contribution in [0.3, 0.4) is 0 Å². The van der Waals surface area contributed by atoms with Crippen molar-refractivity contribution in [3.63, 3.8) is 0 Å². The molecule has 1 heterocycles. The van der Waals surface area contributed by atoms with Gasteiger partial charge in [-0.05, 0) is 28.1 Å². The zero-order valence-electron chi connectivity index (χ0n) is 10.8. The van der Waals surface area contributed by atoms with E-state index in [-0.39, 0.29) is 21.4 Å². The first-order chi connectivity index (χ1) is 10.1. The van der Waals surface area contributed by atoms with E-state index >= 15 is 0 Å². The van der Waals surface area contributed by atoms with E-state index in [1.807, 2.05) is 0 Å². The van der Waals surface area contributed by atoms with E-state index in [1.165, 1.54) is 19.2 Å². The second-order valence-electron chi connectivity index (χ2n) is 4.18. The van der Waals surface area contributed by atoms with Crippen LogP contribution < -0.4 is 5.32 Å². The number of anilines is 1. The van der Waals surface area contributed by atoms with Crippen molar-refractivity contribution in [3.8, 4) is 0 Å². The van der Waals surface area contributed by atoms with Crippen LogP contribution >= 0.6 is 39.1 Å². The maximum absolute atomic E-state index is 12.8. The van der Waals surface area contributed by atoms with Crippen LogP contribution in [0.5, 0.6) is 0 Å². The molecule has 1 aromatic heterocycles. The quantitative estimate of drug-likeness (QED) is 0.767.